The van der Waals surface area contributed by atoms with Gasteiger partial charge in [0, 0.05) is 23.7 Å². The molecule has 3 heteroatoms. The largest absolute Gasteiger partial charge is 0.493 e. The molecule has 0 aliphatic carbocycles. The lowest BCUT2D eigenvalue weighted by molar-refractivity contribution is 0.357. The molecule has 1 N–H and O–H groups in total. The normalized spacial score (nSPS) is 12.9. The van der Waals surface area contributed by atoms with Crippen molar-refractivity contribution in [3.63, 3.8) is 0 Å². The second kappa shape index (κ2) is 4.91. The third-order valence-electron chi connectivity index (χ3n) is 3.08. The number of anilines is 1. The van der Waals surface area contributed by atoms with E-state index in [2.05, 4.69) is 23.5 Å². The molecule has 0 bridgehead atoms. The molecule has 1 aliphatic heterocycles. The van der Waals surface area contributed by atoms with Gasteiger partial charge in [0.05, 0.1) is 6.61 Å². The molecule has 92 valence electrons. The molecule has 0 amide bonds. The summed E-state index contributed by atoms with van der Waals surface area (Å²) >= 11 is 5.96. The Hall–Kier alpha value is -1.67. The van der Waals surface area contributed by atoms with Gasteiger partial charge in [-0.05, 0) is 41.5 Å². The van der Waals surface area contributed by atoms with Gasteiger partial charge in [0.2, 0.25) is 0 Å². The Labute approximate surface area is 112 Å². The highest BCUT2D eigenvalue weighted by molar-refractivity contribution is 6.30. The lowest BCUT2D eigenvalue weighted by Gasteiger charge is -2.08. The van der Waals surface area contributed by atoms with Crippen molar-refractivity contribution >= 4 is 17.3 Å². The first-order chi connectivity index (χ1) is 8.81. The van der Waals surface area contributed by atoms with Gasteiger partial charge in [-0.3, -0.25) is 0 Å². The highest BCUT2D eigenvalue weighted by Crippen LogP contribution is 2.28. The third-order valence-corrected chi connectivity index (χ3v) is 3.31. The first kappa shape index (κ1) is 11.4. The fourth-order valence-corrected chi connectivity index (χ4v) is 2.36. The summed E-state index contributed by atoms with van der Waals surface area (Å²) in [6.07, 6.45) is 1.00. The number of hydrogen-bond donors (Lipinski definition) is 1. The number of halogens is 1. The van der Waals surface area contributed by atoms with E-state index in [0.717, 1.165) is 36.0 Å². The van der Waals surface area contributed by atoms with Gasteiger partial charge in [0.1, 0.15) is 5.75 Å². The molecule has 1 heterocycles. The predicted octanol–water partition coefficient (Wildman–Crippen LogP) is 3.89. The van der Waals surface area contributed by atoms with Crippen molar-refractivity contribution < 1.29 is 4.74 Å². The van der Waals surface area contributed by atoms with Gasteiger partial charge in [-0.15, -0.1) is 0 Å². The van der Waals surface area contributed by atoms with E-state index in [9.17, 15) is 0 Å². The van der Waals surface area contributed by atoms with Crippen LogP contribution in [0.4, 0.5) is 5.69 Å². The molecule has 2 nitrogen and oxygen atoms in total. The summed E-state index contributed by atoms with van der Waals surface area (Å²) in [6, 6.07) is 14.1. The zero-order chi connectivity index (χ0) is 12.4. The standard InChI is InChI=1S/C15H14ClNO/c16-13-3-1-2-11(8-13)10-17-14-4-5-15-12(9-14)6-7-18-15/h1-5,8-9,17H,6-7,10H2. The van der Waals surface area contributed by atoms with Gasteiger partial charge < -0.3 is 10.1 Å². The number of nitrogens with one attached hydrogen (secondary N) is 1. The topological polar surface area (TPSA) is 21.3 Å². The average molecular weight is 260 g/mol. The van der Waals surface area contributed by atoms with Crippen LogP contribution in [0.25, 0.3) is 0 Å². The number of fused-ring (bicyclic) bond motifs is 1. The molecule has 18 heavy (non-hydrogen) atoms. The van der Waals surface area contributed by atoms with Crippen molar-refractivity contribution in [3.8, 4) is 5.75 Å². The van der Waals surface area contributed by atoms with E-state index in [4.69, 9.17) is 16.3 Å². The Morgan fingerprint density at radius 3 is 3.00 bits per heavy atom. The van der Waals surface area contributed by atoms with Crippen LogP contribution in [0.15, 0.2) is 42.5 Å². The first-order valence-electron chi connectivity index (χ1n) is 6.05. The molecule has 1 aliphatic rings. The quantitative estimate of drug-likeness (QED) is 0.903. The maximum Gasteiger partial charge on any atom is 0.122 e. The average Bonchev–Trinajstić information content (AvgIpc) is 2.84. The molecule has 0 atom stereocenters. The van der Waals surface area contributed by atoms with E-state index in [1.165, 1.54) is 11.1 Å². The summed E-state index contributed by atoms with van der Waals surface area (Å²) in [7, 11) is 0. The summed E-state index contributed by atoms with van der Waals surface area (Å²) in [5.74, 6) is 1.02. The lowest BCUT2D eigenvalue weighted by atomic mass is 10.1. The Morgan fingerprint density at radius 2 is 2.11 bits per heavy atom. The van der Waals surface area contributed by atoms with Crippen LogP contribution >= 0.6 is 11.6 Å². The highest BCUT2D eigenvalue weighted by atomic mass is 35.5. The van der Waals surface area contributed by atoms with E-state index < -0.39 is 0 Å². The second-order valence-electron chi connectivity index (χ2n) is 4.40. The van der Waals surface area contributed by atoms with E-state index in [-0.39, 0.29) is 0 Å². The molecule has 0 saturated carbocycles. The van der Waals surface area contributed by atoms with Crippen molar-refractivity contribution in [2.75, 3.05) is 11.9 Å². The van der Waals surface area contributed by atoms with Gasteiger partial charge in [-0.1, -0.05) is 23.7 Å². The molecule has 0 unspecified atom stereocenters. The molecule has 0 radical (unpaired) electrons. The molecule has 2 aromatic carbocycles. The first-order valence-corrected chi connectivity index (χ1v) is 6.43. The van der Waals surface area contributed by atoms with Crippen molar-refractivity contribution in [2.24, 2.45) is 0 Å². The second-order valence-corrected chi connectivity index (χ2v) is 4.84. The minimum Gasteiger partial charge on any atom is -0.493 e. The number of hydrogen-bond acceptors (Lipinski definition) is 2. The predicted molar refractivity (Wildman–Crippen MR) is 74.4 cm³/mol. The SMILES string of the molecule is Clc1cccc(CNc2ccc3c(c2)CCO3)c1. The zero-order valence-corrected chi connectivity index (χ0v) is 10.7. The number of ether oxygens (including phenoxy) is 1. The maximum absolute atomic E-state index is 5.96. The minimum absolute atomic E-state index is 0.775. The lowest BCUT2D eigenvalue weighted by Crippen LogP contribution is -1.99. The molecule has 3 rings (SSSR count). The summed E-state index contributed by atoms with van der Waals surface area (Å²) in [4.78, 5) is 0. The summed E-state index contributed by atoms with van der Waals surface area (Å²) in [6.45, 7) is 1.58. The van der Waals surface area contributed by atoms with Crippen LogP contribution < -0.4 is 10.1 Å². The van der Waals surface area contributed by atoms with Gasteiger partial charge in [-0.25, -0.2) is 0 Å². The molecule has 0 fully saturated rings. The zero-order valence-electron chi connectivity index (χ0n) is 9.95. The van der Waals surface area contributed by atoms with Crippen LogP contribution in [0.1, 0.15) is 11.1 Å². The van der Waals surface area contributed by atoms with Gasteiger partial charge >= 0.3 is 0 Å². The van der Waals surface area contributed by atoms with Crippen LogP contribution in [-0.4, -0.2) is 6.61 Å². The maximum atomic E-state index is 5.96. The van der Waals surface area contributed by atoms with E-state index in [0.29, 0.717) is 0 Å². The third kappa shape index (κ3) is 2.44. The van der Waals surface area contributed by atoms with Crippen LogP contribution in [0, 0.1) is 0 Å². The van der Waals surface area contributed by atoms with E-state index >= 15 is 0 Å². The number of benzene rings is 2. The molecule has 0 spiro atoms. The smallest absolute Gasteiger partial charge is 0.122 e. The number of rotatable bonds is 3. The Morgan fingerprint density at radius 1 is 1.17 bits per heavy atom. The van der Waals surface area contributed by atoms with E-state index in [1.807, 2.05) is 24.3 Å². The van der Waals surface area contributed by atoms with Crippen molar-refractivity contribution in [1.29, 1.82) is 0 Å². The highest BCUT2D eigenvalue weighted by Gasteiger charge is 2.11. The van der Waals surface area contributed by atoms with Crippen molar-refractivity contribution in [3.05, 3.63) is 58.6 Å². The minimum atomic E-state index is 0.775. The summed E-state index contributed by atoms with van der Waals surface area (Å²) < 4.78 is 5.49. The van der Waals surface area contributed by atoms with E-state index in [1.54, 1.807) is 0 Å². The summed E-state index contributed by atoms with van der Waals surface area (Å²) in [5, 5.41) is 4.18. The fourth-order valence-electron chi connectivity index (χ4n) is 2.15. The molecule has 0 aromatic heterocycles. The Kier molecular flexibility index (Phi) is 3.11. The summed E-state index contributed by atoms with van der Waals surface area (Å²) in [5.41, 5.74) is 3.59. The van der Waals surface area contributed by atoms with Crippen LogP contribution in [0.5, 0.6) is 5.75 Å². The van der Waals surface area contributed by atoms with Crippen molar-refractivity contribution in [2.45, 2.75) is 13.0 Å². The molecule has 2 aromatic rings. The van der Waals surface area contributed by atoms with Gasteiger partial charge in [0.15, 0.2) is 0 Å². The molecular weight excluding hydrogens is 246 g/mol. The Balaban J connectivity index is 1.70. The van der Waals surface area contributed by atoms with Crippen LogP contribution in [0.2, 0.25) is 5.02 Å². The van der Waals surface area contributed by atoms with Gasteiger partial charge in [-0.2, -0.15) is 0 Å². The Bertz CT molecular complexity index is 568. The van der Waals surface area contributed by atoms with Gasteiger partial charge in [0.25, 0.3) is 0 Å². The fraction of sp³-hybridized carbons (Fsp3) is 0.200. The van der Waals surface area contributed by atoms with Crippen LogP contribution in [0.3, 0.4) is 0 Å². The molecular formula is C15H14ClNO. The molecule has 0 saturated heterocycles. The van der Waals surface area contributed by atoms with Crippen LogP contribution in [-0.2, 0) is 13.0 Å². The monoisotopic (exact) mass is 259 g/mol. The van der Waals surface area contributed by atoms with Crippen molar-refractivity contribution in [1.82, 2.24) is 0 Å².